The fourth-order valence-electron chi connectivity index (χ4n) is 2.77. The molecule has 0 atom stereocenters. The predicted octanol–water partition coefficient (Wildman–Crippen LogP) is 5.19. The van der Waals surface area contributed by atoms with E-state index < -0.39 is 0 Å². The quantitative estimate of drug-likeness (QED) is 0.263. The van der Waals surface area contributed by atoms with E-state index in [2.05, 4.69) is 9.98 Å². The molecule has 0 aromatic heterocycles. The first-order valence-corrected chi connectivity index (χ1v) is 10.7. The summed E-state index contributed by atoms with van der Waals surface area (Å²) in [6.45, 7) is 1.05. The summed E-state index contributed by atoms with van der Waals surface area (Å²) in [6.07, 6.45) is 3.26. The summed E-state index contributed by atoms with van der Waals surface area (Å²) in [5.74, 6) is 1.87. The van der Waals surface area contributed by atoms with E-state index in [1.54, 1.807) is 61.0 Å². The van der Waals surface area contributed by atoms with Gasteiger partial charge in [0.1, 0.15) is 23.0 Å². The zero-order valence-corrected chi connectivity index (χ0v) is 19.9. The van der Waals surface area contributed by atoms with E-state index in [0.717, 1.165) is 5.75 Å². The third-order valence-corrected chi connectivity index (χ3v) is 4.50. The molecule has 4 rings (SSSR count). The Morgan fingerprint density at radius 2 is 1.03 bits per heavy atom. The summed E-state index contributed by atoms with van der Waals surface area (Å²) in [5, 5.41) is 29.9. The fourth-order valence-corrected chi connectivity index (χ4v) is 2.77. The van der Waals surface area contributed by atoms with Crippen LogP contribution >= 0.6 is 0 Å². The number of hydrogen-bond acceptors (Lipinski definition) is 6. The Morgan fingerprint density at radius 3 is 1.51 bits per heavy atom. The van der Waals surface area contributed by atoms with Crippen LogP contribution in [0.3, 0.4) is 0 Å². The van der Waals surface area contributed by atoms with Crippen LogP contribution in [0, 0.1) is 0 Å². The van der Waals surface area contributed by atoms with Gasteiger partial charge in [-0.2, -0.15) is 0 Å². The van der Waals surface area contributed by atoms with Gasteiger partial charge in [-0.15, -0.1) is 5.75 Å². The molecule has 2 N–H and O–H groups in total. The van der Waals surface area contributed by atoms with Gasteiger partial charge in [0.2, 0.25) is 0 Å². The van der Waals surface area contributed by atoms with Crippen LogP contribution in [0.1, 0.15) is 11.1 Å². The Morgan fingerprint density at radius 1 is 0.600 bits per heavy atom. The molecule has 4 aromatic rings. The van der Waals surface area contributed by atoms with Crippen molar-refractivity contribution in [3.05, 3.63) is 114 Å². The van der Waals surface area contributed by atoms with Crippen molar-refractivity contribution in [3.63, 3.8) is 0 Å². The molecule has 0 amide bonds. The SMILES string of the molecule is Oc1ccccc1C=NCCN=Cc1ccccc1O.[Co+3].[O-]c1ccc(Oc2ccccc2)cc1. The van der Waals surface area contributed by atoms with Crippen LogP contribution < -0.4 is 9.84 Å². The van der Waals surface area contributed by atoms with Crippen molar-refractivity contribution in [1.82, 2.24) is 0 Å². The molecule has 0 aliphatic carbocycles. The number of rotatable bonds is 7. The minimum Gasteiger partial charge on any atom is -0.872 e. The van der Waals surface area contributed by atoms with Gasteiger partial charge in [-0.1, -0.05) is 54.6 Å². The molecule has 0 spiro atoms. The molecule has 0 fully saturated rings. The monoisotopic (exact) mass is 512 g/mol. The fraction of sp³-hybridized carbons (Fsp3) is 0.0714. The molecule has 0 radical (unpaired) electrons. The molecular weight excluding hydrogens is 487 g/mol. The summed E-state index contributed by atoms with van der Waals surface area (Å²) in [5.41, 5.74) is 1.38. The Hall–Kier alpha value is -4.07. The van der Waals surface area contributed by atoms with Gasteiger partial charge >= 0.3 is 16.8 Å². The molecule has 0 saturated heterocycles. The van der Waals surface area contributed by atoms with Crippen molar-refractivity contribution in [2.24, 2.45) is 9.98 Å². The van der Waals surface area contributed by atoms with Crippen molar-refractivity contribution >= 4 is 12.4 Å². The molecule has 0 aliphatic rings. The van der Waals surface area contributed by atoms with E-state index in [0.29, 0.717) is 30.0 Å². The number of phenolic OH excluding ortho intramolecular Hbond substituents is 2. The van der Waals surface area contributed by atoms with E-state index in [4.69, 9.17) is 4.74 Å². The molecule has 7 heteroatoms. The predicted molar refractivity (Wildman–Crippen MR) is 134 cm³/mol. The third kappa shape index (κ3) is 9.75. The van der Waals surface area contributed by atoms with Crippen molar-refractivity contribution in [1.29, 1.82) is 0 Å². The summed E-state index contributed by atoms with van der Waals surface area (Å²) < 4.78 is 5.49. The Kier molecular flexibility index (Phi) is 11.6. The van der Waals surface area contributed by atoms with Gasteiger partial charge in [0.15, 0.2) is 0 Å². The van der Waals surface area contributed by atoms with Crippen LogP contribution in [0.2, 0.25) is 0 Å². The second-order valence-electron chi connectivity index (χ2n) is 7.07. The molecule has 178 valence electrons. The minimum atomic E-state index is -0.00888. The van der Waals surface area contributed by atoms with Crippen LogP contribution in [0.15, 0.2) is 113 Å². The number of nitrogens with zero attached hydrogens (tertiary/aromatic N) is 2. The number of phenols is 2. The summed E-state index contributed by atoms with van der Waals surface area (Å²) in [6, 6.07) is 29.8. The molecule has 0 saturated carbocycles. The Balaban J connectivity index is 0.000000254. The van der Waals surface area contributed by atoms with Crippen LogP contribution in [-0.2, 0) is 16.8 Å². The second-order valence-corrected chi connectivity index (χ2v) is 7.07. The smallest absolute Gasteiger partial charge is 0.872 e. The van der Waals surface area contributed by atoms with Crippen LogP contribution in [0.5, 0.6) is 28.7 Å². The van der Waals surface area contributed by atoms with E-state index in [-0.39, 0.29) is 34.0 Å². The molecule has 4 aromatic carbocycles. The Labute approximate surface area is 215 Å². The molecule has 0 bridgehead atoms. The maximum atomic E-state index is 10.8. The van der Waals surface area contributed by atoms with Crippen LogP contribution in [0.4, 0.5) is 0 Å². The molecule has 0 heterocycles. The zero-order valence-electron chi connectivity index (χ0n) is 18.8. The number of benzene rings is 4. The second kappa shape index (κ2) is 14.9. The number of hydrogen-bond donors (Lipinski definition) is 2. The largest absolute Gasteiger partial charge is 3.00 e. The normalized spacial score (nSPS) is 10.4. The standard InChI is InChI=1S/C16H16N2O2.C12H10O2.Co/c19-15-7-3-1-5-13(15)11-17-9-10-18-12-14-6-2-4-8-16(14)20;13-10-6-8-12(9-7-10)14-11-4-2-1-3-5-11;/h1-8,11-12,19-20H,9-10H2;1-9,13H;/q;;+3/p-1. The van der Waals surface area contributed by atoms with Crippen molar-refractivity contribution < 1.29 is 36.8 Å². The molecule has 0 aliphatic heterocycles. The molecule has 0 unspecified atom stereocenters. The topological polar surface area (TPSA) is 97.5 Å². The van der Waals surface area contributed by atoms with Crippen LogP contribution in [-0.4, -0.2) is 35.7 Å². The van der Waals surface area contributed by atoms with Gasteiger partial charge in [-0.05, 0) is 48.5 Å². The van der Waals surface area contributed by atoms with Gasteiger partial charge < -0.3 is 20.1 Å². The Bertz CT molecular complexity index is 1160. The van der Waals surface area contributed by atoms with E-state index in [1.165, 1.54) is 12.1 Å². The first-order valence-electron chi connectivity index (χ1n) is 10.7. The van der Waals surface area contributed by atoms with Gasteiger partial charge in [0.25, 0.3) is 0 Å². The maximum absolute atomic E-state index is 10.8. The van der Waals surface area contributed by atoms with Gasteiger partial charge in [0.05, 0.1) is 13.1 Å². The average molecular weight is 512 g/mol. The molecule has 35 heavy (non-hydrogen) atoms. The zero-order chi connectivity index (χ0) is 24.0. The number of ether oxygens (including phenoxy) is 1. The van der Waals surface area contributed by atoms with Crippen molar-refractivity contribution in [2.75, 3.05) is 13.1 Å². The third-order valence-electron chi connectivity index (χ3n) is 4.50. The van der Waals surface area contributed by atoms with Gasteiger partial charge in [-0.25, -0.2) is 0 Å². The van der Waals surface area contributed by atoms with Crippen molar-refractivity contribution in [3.8, 4) is 28.7 Å². The van der Waals surface area contributed by atoms with Crippen molar-refractivity contribution in [2.45, 2.75) is 0 Å². The number of aliphatic imine (C=N–C) groups is 2. The minimum absolute atomic E-state index is 0. The molecular formula is C28H25CoN2O4+2. The van der Waals surface area contributed by atoms with E-state index in [1.807, 2.05) is 42.5 Å². The van der Waals surface area contributed by atoms with E-state index in [9.17, 15) is 15.3 Å². The number of aromatic hydroxyl groups is 2. The maximum Gasteiger partial charge on any atom is 3.00 e. The molecule has 6 nitrogen and oxygen atoms in total. The first-order chi connectivity index (χ1) is 16.6. The number of para-hydroxylation sites is 3. The van der Waals surface area contributed by atoms with E-state index >= 15 is 0 Å². The summed E-state index contributed by atoms with van der Waals surface area (Å²) >= 11 is 0. The summed E-state index contributed by atoms with van der Waals surface area (Å²) in [7, 11) is 0. The van der Waals surface area contributed by atoms with Gasteiger partial charge in [0, 0.05) is 23.6 Å². The van der Waals surface area contributed by atoms with Gasteiger partial charge in [-0.3, -0.25) is 9.98 Å². The first kappa shape index (κ1) is 27.2. The summed E-state index contributed by atoms with van der Waals surface area (Å²) in [4.78, 5) is 8.39. The van der Waals surface area contributed by atoms with Crippen LogP contribution in [0.25, 0.3) is 0 Å². The average Bonchev–Trinajstić information content (AvgIpc) is 2.86.